The fraction of sp³-hybridized carbons (Fsp3) is 0.444. The highest BCUT2D eigenvalue weighted by atomic mass is 32.2. The zero-order valence-corrected chi connectivity index (χ0v) is 15.7. The zero-order chi connectivity index (χ0) is 18.1. The van der Waals surface area contributed by atoms with Gasteiger partial charge in [0, 0.05) is 12.4 Å². The molecule has 1 saturated carbocycles. The second-order valence-electron chi connectivity index (χ2n) is 6.75. The van der Waals surface area contributed by atoms with Gasteiger partial charge in [-0.2, -0.15) is 5.10 Å². The van der Waals surface area contributed by atoms with Crippen LogP contribution in [0.4, 0.5) is 5.82 Å². The van der Waals surface area contributed by atoms with Gasteiger partial charge < -0.3 is 9.26 Å². The fourth-order valence-electron chi connectivity index (χ4n) is 3.59. The molecule has 1 aliphatic rings. The van der Waals surface area contributed by atoms with Crippen molar-refractivity contribution in [1.82, 2.24) is 14.9 Å². The van der Waals surface area contributed by atoms with Gasteiger partial charge in [0.15, 0.2) is 11.4 Å². The van der Waals surface area contributed by atoms with Crippen molar-refractivity contribution < 1.29 is 13.5 Å². The molecule has 2 aromatic heterocycles. The number of nitrogens with zero attached hydrogens (tertiary/aromatic N) is 3. The lowest BCUT2D eigenvalue weighted by Crippen LogP contribution is -2.23. The summed E-state index contributed by atoms with van der Waals surface area (Å²) >= 11 is 0. The highest BCUT2D eigenvalue weighted by molar-refractivity contribution is 7.87. The number of aromatic nitrogens is 3. The molecule has 1 N–H and O–H groups in total. The van der Waals surface area contributed by atoms with E-state index in [2.05, 4.69) is 21.9 Å². The van der Waals surface area contributed by atoms with E-state index in [1.807, 2.05) is 29.1 Å². The number of anilines is 1. The van der Waals surface area contributed by atoms with Gasteiger partial charge >= 0.3 is 0 Å². The third-order valence-corrected chi connectivity index (χ3v) is 6.62. The molecular formula is C18H22N4O3S. The van der Waals surface area contributed by atoms with Crippen LogP contribution in [0.3, 0.4) is 0 Å². The highest BCUT2D eigenvalue weighted by Gasteiger charge is 2.30. The Morgan fingerprint density at radius 2 is 2.31 bits per heavy atom. The molecule has 0 bridgehead atoms. The zero-order valence-electron chi connectivity index (χ0n) is 14.8. The molecule has 1 aromatic carbocycles. The van der Waals surface area contributed by atoms with Gasteiger partial charge in [-0.25, -0.2) is 4.21 Å². The van der Waals surface area contributed by atoms with Crippen LogP contribution in [-0.4, -0.2) is 31.5 Å². The summed E-state index contributed by atoms with van der Waals surface area (Å²) in [5, 5.41) is 9.18. The maximum atomic E-state index is 12.7. The van der Waals surface area contributed by atoms with Gasteiger partial charge in [0.25, 0.3) is 0 Å². The number of hydrogen-bond donors (Lipinski definition) is 1. The molecule has 3 unspecified atom stereocenters. The van der Waals surface area contributed by atoms with E-state index in [0.717, 1.165) is 30.2 Å². The normalized spacial score (nSPS) is 21.2. The summed E-state index contributed by atoms with van der Waals surface area (Å²) in [6, 6.07) is 5.73. The molecule has 0 spiro atoms. The van der Waals surface area contributed by atoms with E-state index in [9.17, 15) is 4.21 Å². The molecule has 1 fully saturated rings. The number of fused-ring (bicyclic) bond motifs is 1. The summed E-state index contributed by atoms with van der Waals surface area (Å²) < 4.78 is 28.6. The molecule has 2 heterocycles. The smallest absolute Gasteiger partial charge is 0.192 e. The topological polar surface area (TPSA) is 82.2 Å². The maximum Gasteiger partial charge on any atom is 0.192 e. The first-order chi connectivity index (χ1) is 12.7. The summed E-state index contributed by atoms with van der Waals surface area (Å²) in [4.78, 5) is 0. The molecule has 0 aliphatic heterocycles. The Balaban J connectivity index is 1.63. The Labute approximate surface area is 154 Å². The van der Waals surface area contributed by atoms with Gasteiger partial charge in [-0.15, -0.1) is 0 Å². The van der Waals surface area contributed by atoms with Crippen molar-refractivity contribution in [3.05, 3.63) is 36.2 Å². The van der Waals surface area contributed by atoms with E-state index in [1.165, 1.54) is 0 Å². The second-order valence-corrected chi connectivity index (χ2v) is 8.16. The number of benzene rings is 1. The van der Waals surface area contributed by atoms with Crippen molar-refractivity contribution in [2.24, 2.45) is 5.92 Å². The molecule has 0 saturated heterocycles. The molecule has 4 rings (SSSR count). The predicted molar refractivity (Wildman–Crippen MR) is 100 cm³/mol. The monoisotopic (exact) mass is 374 g/mol. The molecule has 0 radical (unpaired) electrons. The van der Waals surface area contributed by atoms with Crippen LogP contribution >= 0.6 is 0 Å². The van der Waals surface area contributed by atoms with Gasteiger partial charge in [0.2, 0.25) is 0 Å². The molecule has 7 nitrogen and oxygen atoms in total. The first-order valence-corrected chi connectivity index (χ1v) is 9.98. The SMILES string of the molecule is COc1cc(Cn2cccn2)cc2onc(NS(=O)C3CCCC3C)c12. The van der Waals surface area contributed by atoms with Gasteiger partial charge in [-0.1, -0.05) is 18.5 Å². The molecular weight excluding hydrogens is 352 g/mol. The van der Waals surface area contributed by atoms with Crippen molar-refractivity contribution in [3.8, 4) is 5.75 Å². The van der Waals surface area contributed by atoms with Crippen LogP contribution in [0.2, 0.25) is 0 Å². The first-order valence-electron chi connectivity index (χ1n) is 8.76. The van der Waals surface area contributed by atoms with E-state index >= 15 is 0 Å². The number of rotatable bonds is 6. The third kappa shape index (κ3) is 3.21. The van der Waals surface area contributed by atoms with E-state index in [4.69, 9.17) is 9.26 Å². The molecule has 8 heteroatoms. The minimum absolute atomic E-state index is 0.145. The van der Waals surface area contributed by atoms with Crippen molar-refractivity contribution in [3.63, 3.8) is 0 Å². The van der Waals surface area contributed by atoms with Crippen molar-refractivity contribution >= 4 is 27.8 Å². The molecule has 3 aromatic rings. The van der Waals surface area contributed by atoms with E-state index < -0.39 is 11.0 Å². The lowest BCUT2D eigenvalue weighted by atomic mass is 10.1. The average Bonchev–Trinajstić information content (AvgIpc) is 3.36. The van der Waals surface area contributed by atoms with Crippen LogP contribution < -0.4 is 9.46 Å². The molecule has 3 atom stereocenters. The van der Waals surface area contributed by atoms with Gasteiger partial charge in [0.1, 0.15) is 22.1 Å². The van der Waals surface area contributed by atoms with E-state index in [0.29, 0.717) is 29.6 Å². The first kappa shape index (κ1) is 17.1. The maximum absolute atomic E-state index is 12.7. The third-order valence-electron chi connectivity index (χ3n) is 4.98. The standard InChI is InChI=1S/C18H22N4O3S/c1-12-5-3-6-16(12)26(23)21-18-17-14(24-2)9-13(10-15(17)25-20-18)11-22-8-4-7-19-22/h4,7-10,12,16H,3,5-6,11H2,1-2H3,(H,20,21). The summed E-state index contributed by atoms with van der Waals surface area (Å²) in [6.45, 7) is 2.76. The Hall–Kier alpha value is -2.35. The minimum Gasteiger partial charge on any atom is -0.496 e. The Morgan fingerprint density at radius 3 is 3.00 bits per heavy atom. The van der Waals surface area contributed by atoms with Gasteiger partial charge in [0.05, 0.1) is 18.9 Å². The lowest BCUT2D eigenvalue weighted by molar-refractivity contribution is 0.418. The number of methoxy groups -OCH3 is 1. The molecule has 26 heavy (non-hydrogen) atoms. The average molecular weight is 374 g/mol. The fourth-order valence-corrected chi connectivity index (χ4v) is 5.01. The van der Waals surface area contributed by atoms with Crippen LogP contribution in [0.5, 0.6) is 5.75 Å². The van der Waals surface area contributed by atoms with Crippen LogP contribution in [0, 0.1) is 5.92 Å². The van der Waals surface area contributed by atoms with Crippen molar-refractivity contribution in [2.75, 3.05) is 11.8 Å². The van der Waals surface area contributed by atoms with E-state index in [-0.39, 0.29) is 5.25 Å². The molecule has 0 amide bonds. The highest BCUT2D eigenvalue weighted by Crippen LogP contribution is 2.35. The van der Waals surface area contributed by atoms with Crippen molar-refractivity contribution in [1.29, 1.82) is 0 Å². The van der Waals surface area contributed by atoms with Crippen LogP contribution in [0.1, 0.15) is 31.7 Å². The van der Waals surface area contributed by atoms with Crippen LogP contribution in [0.25, 0.3) is 11.0 Å². The number of nitrogens with one attached hydrogen (secondary N) is 1. The number of hydrogen-bond acceptors (Lipinski definition) is 5. The van der Waals surface area contributed by atoms with Crippen LogP contribution in [0.15, 0.2) is 35.1 Å². The van der Waals surface area contributed by atoms with Crippen molar-refractivity contribution in [2.45, 2.75) is 38.0 Å². The second kappa shape index (κ2) is 7.11. The Kier molecular flexibility index (Phi) is 4.67. The summed E-state index contributed by atoms with van der Waals surface area (Å²) in [5.74, 6) is 1.56. The molecule has 138 valence electrons. The van der Waals surface area contributed by atoms with Gasteiger partial charge in [-0.05, 0) is 42.5 Å². The molecule has 1 aliphatic carbocycles. The summed E-state index contributed by atoms with van der Waals surface area (Å²) in [5.41, 5.74) is 1.59. The van der Waals surface area contributed by atoms with Crippen LogP contribution in [-0.2, 0) is 17.5 Å². The Morgan fingerprint density at radius 1 is 1.42 bits per heavy atom. The van der Waals surface area contributed by atoms with Gasteiger partial charge in [-0.3, -0.25) is 9.40 Å². The quantitative estimate of drug-likeness (QED) is 0.715. The minimum atomic E-state index is -1.19. The number of ether oxygens (including phenoxy) is 1. The van der Waals surface area contributed by atoms with E-state index in [1.54, 1.807) is 13.3 Å². The largest absolute Gasteiger partial charge is 0.496 e. The summed E-state index contributed by atoms with van der Waals surface area (Å²) in [7, 11) is 0.416. The lowest BCUT2D eigenvalue weighted by Gasteiger charge is -2.15. The predicted octanol–water partition coefficient (Wildman–Crippen LogP) is 3.35. The summed E-state index contributed by atoms with van der Waals surface area (Å²) in [6.07, 6.45) is 6.86. The Bertz CT molecular complexity index is 922.